The molecule has 1 N–H and O–H groups in total. The van der Waals surface area contributed by atoms with Gasteiger partial charge >= 0.3 is 0 Å². The Kier molecular flexibility index (Phi) is 5.96. The molecular weight excluding hydrogens is 466 g/mol. The third-order valence-electron chi connectivity index (χ3n) is 2.87. The van der Waals surface area contributed by atoms with E-state index in [1.165, 1.54) is 0 Å². The molecule has 2 aromatic carbocycles. The van der Waals surface area contributed by atoms with Gasteiger partial charge in [-0.2, -0.15) is 0 Å². The van der Waals surface area contributed by atoms with Crippen LogP contribution in [0.5, 0.6) is 11.5 Å². The molecule has 0 amide bonds. The molecule has 112 valence electrons. The second kappa shape index (κ2) is 7.51. The van der Waals surface area contributed by atoms with Crippen molar-refractivity contribution in [2.24, 2.45) is 0 Å². The Labute approximate surface area is 149 Å². The molecule has 0 aliphatic rings. The van der Waals surface area contributed by atoms with Gasteiger partial charge in [-0.25, -0.2) is 0 Å². The molecule has 0 saturated heterocycles. The first kappa shape index (κ1) is 16.6. The molecule has 0 bridgehead atoms. The minimum absolute atomic E-state index is 0.695. The lowest BCUT2D eigenvalue weighted by atomic mass is 10.2. The molecule has 2 aromatic rings. The summed E-state index contributed by atoms with van der Waals surface area (Å²) in [4.78, 5) is 0. The van der Waals surface area contributed by atoms with Crippen LogP contribution in [-0.2, 0) is 6.54 Å². The molecule has 21 heavy (non-hydrogen) atoms. The largest absolute Gasteiger partial charge is 0.497 e. The fourth-order valence-corrected chi connectivity index (χ4v) is 3.97. The number of halogens is 3. The van der Waals surface area contributed by atoms with E-state index in [2.05, 4.69) is 53.1 Å². The van der Waals surface area contributed by atoms with Gasteiger partial charge in [0.1, 0.15) is 11.5 Å². The van der Waals surface area contributed by atoms with E-state index < -0.39 is 0 Å². The third kappa shape index (κ3) is 4.37. The number of benzene rings is 2. The second-order valence-corrected chi connectivity index (χ2v) is 6.95. The summed E-state index contributed by atoms with van der Waals surface area (Å²) < 4.78 is 13.4. The third-order valence-corrected chi connectivity index (χ3v) is 4.50. The summed E-state index contributed by atoms with van der Waals surface area (Å²) in [5.74, 6) is 1.60. The number of anilines is 1. The average Bonchev–Trinajstić information content (AvgIpc) is 2.44. The second-order valence-electron chi connectivity index (χ2n) is 4.33. The van der Waals surface area contributed by atoms with Gasteiger partial charge in [-0.3, -0.25) is 0 Å². The first-order valence-electron chi connectivity index (χ1n) is 6.14. The van der Waals surface area contributed by atoms with Crippen LogP contribution in [-0.4, -0.2) is 14.2 Å². The van der Waals surface area contributed by atoms with Gasteiger partial charge in [0.25, 0.3) is 0 Å². The number of methoxy groups -OCH3 is 2. The van der Waals surface area contributed by atoms with E-state index in [0.29, 0.717) is 6.54 Å². The van der Waals surface area contributed by atoms with E-state index in [-0.39, 0.29) is 0 Å². The highest BCUT2D eigenvalue weighted by Gasteiger charge is 2.08. The summed E-state index contributed by atoms with van der Waals surface area (Å²) in [7, 11) is 3.31. The van der Waals surface area contributed by atoms with E-state index in [9.17, 15) is 0 Å². The molecule has 0 unspecified atom stereocenters. The quantitative estimate of drug-likeness (QED) is 0.605. The molecule has 0 aromatic heterocycles. The van der Waals surface area contributed by atoms with Gasteiger partial charge in [0.2, 0.25) is 0 Å². The maximum atomic E-state index is 5.30. The molecule has 2 rings (SSSR count). The molecule has 0 atom stereocenters. The van der Waals surface area contributed by atoms with Crippen LogP contribution in [0, 0.1) is 0 Å². The predicted molar refractivity (Wildman–Crippen MR) is 96.4 cm³/mol. The molecule has 0 radical (unpaired) electrons. The molecule has 3 nitrogen and oxygen atoms in total. The maximum Gasteiger partial charge on any atom is 0.147 e. The fraction of sp³-hybridized carbons (Fsp3) is 0.200. The summed E-state index contributed by atoms with van der Waals surface area (Å²) in [5, 5.41) is 3.38. The molecule has 6 heteroatoms. The number of ether oxygens (including phenoxy) is 2. The van der Waals surface area contributed by atoms with Crippen LogP contribution in [0.1, 0.15) is 5.56 Å². The topological polar surface area (TPSA) is 30.5 Å². The Morgan fingerprint density at radius 2 is 1.57 bits per heavy atom. The van der Waals surface area contributed by atoms with Crippen molar-refractivity contribution in [3.05, 3.63) is 49.3 Å². The highest BCUT2D eigenvalue weighted by atomic mass is 79.9. The van der Waals surface area contributed by atoms with Gasteiger partial charge in [0.15, 0.2) is 0 Å². The highest BCUT2D eigenvalue weighted by molar-refractivity contribution is 9.11. The van der Waals surface area contributed by atoms with Crippen LogP contribution in [0.4, 0.5) is 5.69 Å². The van der Waals surface area contributed by atoms with Crippen molar-refractivity contribution in [1.82, 2.24) is 0 Å². The van der Waals surface area contributed by atoms with Gasteiger partial charge in [-0.15, -0.1) is 0 Å². The molecule has 0 fully saturated rings. The SMILES string of the molecule is COc1cc(Br)cc(NCc2cc(Br)c(OC)c(Br)c2)c1. The standard InChI is InChI=1S/C15H14Br3NO2/c1-20-12-6-10(16)5-11(7-12)19-8-9-3-13(17)15(21-2)14(18)4-9/h3-7,19H,8H2,1-2H3. The average molecular weight is 480 g/mol. The minimum Gasteiger partial charge on any atom is -0.497 e. The van der Waals surface area contributed by atoms with Crippen LogP contribution < -0.4 is 14.8 Å². The predicted octanol–water partition coefficient (Wildman–Crippen LogP) is 5.60. The summed E-state index contributed by atoms with van der Waals surface area (Å²) >= 11 is 10.5. The van der Waals surface area contributed by atoms with E-state index in [1.807, 2.05) is 30.3 Å². The zero-order valence-electron chi connectivity index (χ0n) is 11.5. The smallest absolute Gasteiger partial charge is 0.147 e. The first-order chi connectivity index (χ1) is 10.0. The van der Waals surface area contributed by atoms with Crippen molar-refractivity contribution in [3.63, 3.8) is 0 Å². The summed E-state index contributed by atoms with van der Waals surface area (Å²) in [5.41, 5.74) is 2.12. The van der Waals surface area contributed by atoms with Crippen LogP contribution >= 0.6 is 47.8 Å². The van der Waals surface area contributed by atoms with Crippen LogP contribution in [0.25, 0.3) is 0 Å². The lowest BCUT2D eigenvalue weighted by Gasteiger charge is -2.12. The minimum atomic E-state index is 0.695. The molecule has 0 saturated carbocycles. The lowest BCUT2D eigenvalue weighted by molar-refractivity contribution is 0.409. The highest BCUT2D eigenvalue weighted by Crippen LogP contribution is 2.34. The van der Waals surface area contributed by atoms with Gasteiger partial charge in [-0.1, -0.05) is 15.9 Å². The Morgan fingerprint density at radius 1 is 0.905 bits per heavy atom. The van der Waals surface area contributed by atoms with Crippen LogP contribution in [0.2, 0.25) is 0 Å². The van der Waals surface area contributed by atoms with Gasteiger partial charge in [-0.05, 0) is 61.7 Å². The van der Waals surface area contributed by atoms with Crippen molar-refractivity contribution in [2.75, 3.05) is 19.5 Å². The van der Waals surface area contributed by atoms with Crippen molar-refractivity contribution in [3.8, 4) is 11.5 Å². The summed E-state index contributed by atoms with van der Waals surface area (Å²) in [6.45, 7) is 0.695. The molecule has 0 spiro atoms. The number of nitrogens with one attached hydrogen (secondary N) is 1. The summed E-state index contributed by atoms with van der Waals surface area (Å²) in [6, 6.07) is 9.96. The molecule has 0 aliphatic heterocycles. The molecular formula is C15H14Br3NO2. The normalized spacial score (nSPS) is 10.3. The Balaban J connectivity index is 2.15. The zero-order valence-corrected chi connectivity index (χ0v) is 16.3. The lowest BCUT2D eigenvalue weighted by Crippen LogP contribution is -2.00. The van der Waals surface area contributed by atoms with Crippen molar-refractivity contribution >= 4 is 53.5 Å². The van der Waals surface area contributed by atoms with Crippen molar-refractivity contribution in [2.45, 2.75) is 6.54 Å². The van der Waals surface area contributed by atoms with Gasteiger partial charge < -0.3 is 14.8 Å². The number of hydrogen-bond donors (Lipinski definition) is 1. The van der Waals surface area contributed by atoms with Gasteiger partial charge in [0, 0.05) is 22.8 Å². The van der Waals surface area contributed by atoms with Crippen LogP contribution in [0.15, 0.2) is 43.7 Å². The van der Waals surface area contributed by atoms with E-state index in [0.717, 1.165) is 36.2 Å². The monoisotopic (exact) mass is 477 g/mol. The van der Waals surface area contributed by atoms with Crippen molar-refractivity contribution < 1.29 is 9.47 Å². The van der Waals surface area contributed by atoms with Crippen LogP contribution in [0.3, 0.4) is 0 Å². The van der Waals surface area contributed by atoms with Gasteiger partial charge in [0.05, 0.1) is 23.2 Å². The maximum absolute atomic E-state index is 5.30. The van der Waals surface area contributed by atoms with E-state index in [1.54, 1.807) is 14.2 Å². The van der Waals surface area contributed by atoms with E-state index in [4.69, 9.17) is 9.47 Å². The zero-order chi connectivity index (χ0) is 15.4. The number of rotatable bonds is 5. The Bertz CT molecular complexity index is 624. The number of hydrogen-bond acceptors (Lipinski definition) is 3. The summed E-state index contributed by atoms with van der Waals surface area (Å²) in [6.07, 6.45) is 0. The fourth-order valence-electron chi connectivity index (χ4n) is 1.90. The Morgan fingerprint density at radius 3 is 2.14 bits per heavy atom. The Hall–Kier alpha value is -0.720. The van der Waals surface area contributed by atoms with Crippen molar-refractivity contribution in [1.29, 1.82) is 0 Å². The molecule has 0 heterocycles. The molecule has 0 aliphatic carbocycles. The first-order valence-corrected chi connectivity index (χ1v) is 8.51. The van der Waals surface area contributed by atoms with E-state index >= 15 is 0 Å².